The van der Waals surface area contributed by atoms with Crippen LogP contribution in [0.1, 0.15) is 40.5 Å². The van der Waals surface area contributed by atoms with Crippen molar-refractivity contribution in [3.63, 3.8) is 0 Å². The highest BCUT2D eigenvalue weighted by Crippen LogP contribution is 2.30. The first-order valence-corrected chi connectivity index (χ1v) is 9.26. The molecule has 0 unspecified atom stereocenters. The van der Waals surface area contributed by atoms with E-state index in [4.69, 9.17) is 0 Å². The number of imidazole rings is 1. The molecule has 0 bridgehead atoms. The number of nitrogens with one attached hydrogen (secondary N) is 1. The van der Waals surface area contributed by atoms with Crippen molar-refractivity contribution in [3.8, 4) is 11.3 Å². The van der Waals surface area contributed by atoms with Gasteiger partial charge in [0.05, 0.1) is 0 Å². The molecule has 3 aromatic rings. The summed E-state index contributed by atoms with van der Waals surface area (Å²) in [6.45, 7) is 8.63. The molecule has 27 heavy (non-hydrogen) atoms. The minimum absolute atomic E-state index is 0.0410. The van der Waals surface area contributed by atoms with Crippen LogP contribution in [0.15, 0.2) is 48.7 Å². The number of benzene rings is 1. The maximum atomic E-state index is 13.3. The Kier molecular flexibility index (Phi) is 5.31. The van der Waals surface area contributed by atoms with Gasteiger partial charge in [0.15, 0.2) is 0 Å². The van der Waals surface area contributed by atoms with Crippen molar-refractivity contribution in [2.75, 3.05) is 5.32 Å². The van der Waals surface area contributed by atoms with Gasteiger partial charge in [0.25, 0.3) is 0 Å². The summed E-state index contributed by atoms with van der Waals surface area (Å²) in [5, 5.41) is 3.03. The summed E-state index contributed by atoms with van der Waals surface area (Å²) >= 11 is 0. The molecule has 1 aromatic carbocycles. The second-order valence-electron chi connectivity index (χ2n) is 8.37. The predicted octanol–water partition coefficient (Wildman–Crippen LogP) is 5.54. The van der Waals surface area contributed by atoms with Gasteiger partial charge in [0, 0.05) is 18.2 Å². The third kappa shape index (κ3) is 4.73. The van der Waals surface area contributed by atoms with Crippen molar-refractivity contribution in [2.24, 2.45) is 11.3 Å². The summed E-state index contributed by atoms with van der Waals surface area (Å²) in [6.07, 6.45) is 3.28. The van der Waals surface area contributed by atoms with Gasteiger partial charge in [-0.2, -0.15) is 0 Å². The molecule has 4 nitrogen and oxygen atoms in total. The van der Waals surface area contributed by atoms with Crippen molar-refractivity contribution >= 4 is 17.4 Å². The number of anilines is 1. The molecule has 2 heterocycles. The standard InChI is InChI=1S/C22H26FN3O/c1-15(14-22(2,3)4)13-19(27)25-21-20(16-8-10-17(23)11-9-16)24-18-7-5-6-12-26(18)21/h5-12,15H,13-14H2,1-4H3,(H,25,27)/t15-/m1/s1. The Labute approximate surface area is 159 Å². The van der Waals surface area contributed by atoms with Gasteiger partial charge in [0.2, 0.25) is 5.91 Å². The van der Waals surface area contributed by atoms with Crippen LogP contribution in [0.5, 0.6) is 0 Å². The number of hydrogen-bond acceptors (Lipinski definition) is 2. The Morgan fingerprint density at radius 2 is 1.89 bits per heavy atom. The molecule has 0 aliphatic heterocycles. The number of rotatable bonds is 5. The van der Waals surface area contributed by atoms with Gasteiger partial charge >= 0.3 is 0 Å². The van der Waals surface area contributed by atoms with E-state index in [9.17, 15) is 9.18 Å². The summed E-state index contributed by atoms with van der Waals surface area (Å²) in [5.41, 5.74) is 2.31. The van der Waals surface area contributed by atoms with E-state index >= 15 is 0 Å². The van der Waals surface area contributed by atoms with E-state index in [1.807, 2.05) is 28.8 Å². The highest BCUT2D eigenvalue weighted by atomic mass is 19.1. The first kappa shape index (κ1) is 19.1. The normalized spacial score (nSPS) is 12.9. The fourth-order valence-electron chi connectivity index (χ4n) is 3.54. The molecular weight excluding hydrogens is 341 g/mol. The fourth-order valence-corrected chi connectivity index (χ4v) is 3.54. The molecule has 2 aromatic heterocycles. The van der Waals surface area contributed by atoms with Crippen LogP contribution >= 0.6 is 0 Å². The van der Waals surface area contributed by atoms with Crippen LogP contribution in [0, 0.1) is 17.2 Å². The van der Waals surface area contributed by atoms with Crippen LogP contribution in [0.2, 0.25) is 0 Å². The monoisotopic (exact) mass is 367 g/mol. The highest BCUT2D eigenvalue weighted by Gasteiger charge is 2.20. The minimum atomic E-state index is -0.302. The molecule has 0 radical (unpaired) electrons. The molecule has 1 N–H and O–H groups in total. The van der Waals surface area contributed by atoms with Gasteiger partial charge in [-0.25, -0.2) is 9.37 Å². The van der Waals surface area contributed by atoms with E-state index in [0.29, 0.717) is 17.9 Å². The zero-order chi connectivity index (χ0) is 19.6. The minimum Gasteiger partial charge on any atom is -0.310 e. The highest BCUT2D eigenvalue weighted by molar-refractivity contribution is 5.94. The van der Waals surface area contributed by atoms with Gasteiger partial charge in [-0.15, -0.1) is 0 Å². The molecule has 0 saturated heterocycles. The van der Waals surface area contributed by atoms with E-state index in [1.54, 1.807) is 12.1 Å². The number of halogens is 1. The summed E-state index contributed by atoms with van der Waals surface area (Å²) in [6, 6.07) is 11.8. The van der Waals surface area contributed by atoms with E-state index in [-0.39, 0.29) is 23.1 Å². The largest absolute Gasteiger partial charge is 0.310 e. The van der Waals surface area contributed by atoms with E-state index < -0.39 is 0 Å². The van der Waals surface area contributed by atoms with Gasteiger partial charge < -0.3 is 5.32 Å². The predicted molar refractivity (Wildman–Crippen MR) is 107 cm³/mol. The SMILES string of the molecule is C[C@H](CC(=O)Nc1c(-c2ccc(F)cc2)nc2ccccn12)CC(C)(C)C. The van der Waals surface area contributed by atoms with Crippen LogP contribution in [0.25, 0.3) is 16.9 Å². The van der Waals surface area contributed by atoms with E-state index in [1.165, 1.54) is 12.1 Å². The van der Waals surface area contributed by atoms with Gasteiger partial charge in [-0.05, 0) is 54.2 Å². The number of amides is 1. The first-order valence-electron chi connectivity index (χ1n) is 9.26. The van der Waals surface area contributed by atoms with Crippen molar-refractivity contribution in [1.82, 2.24) is 9.38 Å². The van der Waals surface area contributed by atoms with E-state index in [2.05, 4.69) is 38.0 Å². The lowest BCUT2D eigenvalue weighted by Gasteiger charge is -2.22. The van der Waals surface area contributed by atoms with Crippen molar-refractivity contribution < 1.29 is 9.18 Å². The lowest BCUT2D eigenvalue weighted by molar-refractivity contribution is -0.117. The molecule has 0 aliphatic carbocycles. The number of hydrogen-bond donors (Lipinski definition) is 1. The molecule has 1 amide bonds. The summed E-state index contributed by atoms with van der Waals surface area (Å²) in [4.78, 5) is 17.3. The summed E-state index contributed by atoms with van der Waals surface area (Å²) in [7, 11) is 0. The van der Waals surface area contributed by atoms with Crippen LogP contribution in [-0.2, 0) is 4.79 Å². The van der Waals surface area contributed by atoms with Crippen molar-refractivity contribution in [1.29, 1.82) is 0 Å². The second-order valence-corrected chi connectivity index (χ2v) is 8.37. The Bertz CT molecular complexity index is 938. The van der Waals surface area contributed by atoms with E-state index in [0.717, 1.165) is 17.6 Å². The number of fused-ring (bicyclic) bond motifs is 1. The van der Waals surface area contributed by atoms with Crippen LogP contribution in [-0.4, -0.2) is 15.3 Å². The molecule has 0 saturated carbocycles. The Morgan fingerprint density at radius 1 is 1.19 bits per heavy atom. The van der Waals surface area contributed by atoms with Gasteiger partial charge in [0.1, 0.15) is 23.0 Å². The molecular formula is C22H26FN3O. The smallest absolute Gasteiger partial charge is 0.225 e. The molecule has 142 valence electrons. The van der Waals surface area contributed by atoms with Crippen molar-refractivity contribution in [2.45, 2.75) is 40.5 Å². The van der Waals surface area contributed by atoms with Gasteiger partial charge in [-0.3, -0.25) is 9.20 Å². The number of nitrogens with zero attached hydrogens (tertiary/aromatic N) is 2. The second kappa shape index (κ2) is 7.51. The van der Waals surface area contributed by atoms with Crippen molar-refractivity contribution in [3.05, 3.63) is 54.5 Å². The molecule has 0 spiro atoms. The number of carbonyl (C=O) groups is 1. The van der Waals surface area contributed by atoms with Crippen LogP contribution in [0.4, 0.5) is 10.2 Å². The average molecular weight is 367 g/mol. The zero-order valence-electron chi connectivity index (χ0n) is 16.3. The topological polar surface area (TPSA) is 46.4 Å². The fraction of sp³-hybridized carbons (Fsp3) is 0.364. The lowest BCUT2D eigenvalue weighted by atomic mass is 9.84. The maximum Gasteiger partial charge on any atom is 0.225 e. The molecule has 1 atom stereocenters. The average Bonchev–Trinajstić information content (AvgIpc) is 2.92. The molecule has 0 aliphatic rings. The van der Waals surface area contributed by atoms with Gasteiger partial charge in [-0.1, -0.05) is 33.8 Å². The van der Waals surface area contributed by atoms with Crippen LogP contribution < -0.4 is 5.32 Å². The molecule has 5 heteroatoms. The summed E-state index contributed by atoms with van der Waals surface area (Å²) in [5.74, 6) is 0.550. The maximum absolute atomic E-state index is 13.3. The Morgan fingerprint density at radius 3 is 2.56 bits per heavy atom. The Hall–Kier alpha value is -2.69. The first-order chi connectivity index (χ1) is 12.7. The number of aromatic nitrogens is 2. The molecule has 0 fully saturated rings. The molecule has 3 rings (SSSR count). The third-order valence-electron chi connectivity index (χ3n) is 4.40. The Balaban J connectivity index is 1.89. The number of pyridine rings is 1. The third-order valence-corrected chi connectivity index (χ3v) is 4.40. The zero-order valence-corrected chi connectivity index (χ0v) is 16.3. The lowest BCUT2D eigenvalue weighted by Crippen LogP contribution is -2.19. The van der Waals surface area contributed by atoms with Crippen LogP contribution in [0.3, 0.4) is 0 Å². The number of carbonyl (C=O) groups excluding carboxylic acids is 1. The quantitative estimate of drug-likeness (QED) is 0.643. The summed E-state index contributed by atoms with van der Waals surface area (Å²) < 4.78 is 15.2.